The van der Waals surface area contributed by atoms with Gasteiger partial charge in [-0.3, -0.25) is 4.79 Å². The number of carbonyl (C=O) groups is 1. The Labute approximate surface area is 126 Å². The molecule has 2 aromatic rings. The van der Waals surface area contributed by atoms with Gasteiger partial charge in [0.2, 0.25) is 0 Å². The number of hydrogen-bond acceptors (Lipinski definition) is 3. The van der Waals surface area contributed by atoms with E-state index >= 15 is 0 Å². The molecule has 0 radical (unpaired) electrons. The van der Waals surface area contributed by atoms with E-state index in [0.29, 0.717) is 35.8 Å². The zero-order valence-electron chi connectivity index (χ0n) is 11.1. The largest absolute Gasteiger partial charge is 0.486 e. The number of fused-ring (bicyclic) bond motifs is 1. The Bertz CT molecular complexity index is 700. The van der Waals surface area contributed by atoms with Crippen molar-refractivity contribution in [3.63, 3.8) is 0 Å². The molecule has 0 aliphatic carbocycles. The number of benzene rings is 2. The summed E-state index contributed by atoms with van der Waals surface area (Å²) in [5, 5.41) is -0.0107. The van der Waals surface area contributed by atoms with Gasteiger partial charge in [0.1, 0.15) is 19.0 Å². The lowest BCUT2D eigenvalue weighted by atomic mass is 10.0. The third-order valence-electron chi connectivity index (χ3n) is 3.25. The van der Waals surface area contributed by atoms with E-state index in [-0.39, 0.29) is 17.2 Å². The molecule has 0 N–H and O–H groups in total. The molecule has 0 atom stereocenters. The number of hydrogen-bond donors (Lipinski definition) is 0. The standard InChI is InChI=1S/C16H12ClFO3/c17-16-11(2-1-3-12(16)18)8-13(19)10-4-5-14-15(9-10)21-7-6-20-14/h1-5,9H,6-8H2. The van der Waals surface area contributed by atoms with Gasteiger partial charge in [-0.15, -0.1) is 0 Å². The number of ether oxygens (including phenoxy) is 2. The minimum atomic E-state index is -0.524. The third-order valence-corrected chi connectivity index (χ3v) is 3.67. The van der Waals surface area contributed by atoms with Gasteiger partial charge in [-0.25, -0.2) is 4.39 Å². The van der Waals surface area contributed by atoms with E-state index in [4.69, 9.17) is 21.1 Å². The molecule has 0 fully saturated rings. The molecule has 0 unspecified atom stereocenters. The van der Waals surface area contributed by atoms with Crippen LogP contribution in [-0.4, -0.2) is 19.0 Å². The van der Waals surface area contributed by atoms with Crippen molar-refractivity contribution in [2.75, 3.05) is 13.2 Å². The normalized spacial score (nSPS) is 13.0. The average molecular weight is 307 g/mol. The molecule has 0 aromatic heterocycles. The van der Waals surface area contributed by atoms with Crippen molar-refractivity contribution < 1.29 is 18.7 Å². The van der Waals surface area contributed by atoms with Gasteiger partial charge < -0.3 is 9.47 Å². The van der Waals surface area contributed by atoms with E-state index in [9.17, 15) is 9.18 Å². The predicted octanol–water partition coefficient (Wildman–Crippen LogP) is 3.68. The van der Waals surface area contributed by atoms with Crippen LogP contribution >= 0.6 is 11.6 Å². The van der Waals surface area contributed by atoms with Gasteiger partial charge in [0.25, 0.3) is 0 Å². The Morgan fingerprint density at radius 3 is 2.71 bits per heavy atom. The summed E-state index contributed by atoms with van der Waals surface area (Å²) < 4.78 is 24.2. The number of rotatable bonds is 3. The minimum Gasteiger partial charge on any atom is -0.486 e. The summed E-state index contributed by atoms with van der Waals surface area (Å²) in [5.41, 5.74) is 0.955. The smallest absolute Gasteiger partial charge is 0.167 e. The second-order valence-corrected chi connectivity index (χ2v) is 5.05. The first-order valence-corrected chi connectivity index (χ1v) is 6.88. The molecule has 0 amide bonds. The van der Waals surface area contributed by atoms with Crippen molar-refractivity contribution in [3.8, 4) is 11.5 Å². The van der Waals surface area contributed by atoms with Crippen LogP contribution in [-0.2, 0) is 6.42 Å². The molecule has 0 saturated carbocycles. The number of halogens is 2. The van der Waals surface area contributed by atoms with Crippen molar-refractivity contribution in [2.24, 2.45) is 0 Å². The zero-order valence-corrected chi connectivity index (χ0v) is 11.8. The third kappa shape index (κ3) is 2.85. The first-order valence-electron chi connectivity index (χ1n) is 6.51. The second-order valence-electron chi connectivity index (χ2n) is 4.67. The summed E-state index contributed by atoms with van der Waals surface area (Å²) in [7, 11) is 0. The molecular weight excluding hydrogens is 295 g/mol. The fourth-order valence-electron chi connectivity index (χ4n) is 2.18. The highest BCUT2D eigenvalue weighted by atomic mass is 35.5. The van der Waals surface area contributed by atoms with Crippen LogP contribution in [0.2, 0.25) is 5.02 Å². The summed E-state index contributed by atoms with van der Waals surface area (Å²) in [5.74, 6) is 0.502. The molecule has 0 bridgehead atoms. The van der Waals surface area contributed by atoms with Crippen molar-refractivity contribution in [1.29, 1.82) is 0 Å². The van der Waals surface area contributed by atoms with Crippen molar-refractivity contribution >= 4 is 17.4 Å². The van der Waals surface area contributed by atoms with Crippen LogP contribution in [0.25, 0.3) is 0 Å². The van der Waals surface area contributed by atoms with E-state index in [0.717, 1.165) is 0 Å². The second kappa shape index (κ2) is 5.74. The lowest BCUT2D eigenvalue weighted by Crippen LogP contribution is -2.16. The van der Waals surface area contributed by atoms with Gasteiger partial charge in [-0.05, 0) is 29.8 Å². The fourth-order valence-corrected chi connectivity index (χ4v) is 2.37. The van der Waals surface area contributed by atoms with E-state index < -0.39 is 5.82 Å². The summed E-state index contributed by atoms with van der Waals surface area (Å²) >= 11 is 5.87. The molecule has 1 heterocycles. The SMILES string of the molecule is O=C(Cc1cccc(F)c1Cl)c1ccc2c(c1)OCCO2. The highest BCUT2D eigenvalue weighted by Gasteiger charge is 2.16. The molecule has 108 valence electrons. The Morgan fingerprint density at radius 2 is 1.90 bits per heavy atom. The fraction of sp³-hybridized carbons (Fsp3) is 0.188. The van der Waals surface area contributed by atoms with E-state index in [1.807, 2.05) is 0 Å². The lowest BCUT2D eigenvalue weighted by molar-refractivity contribution is 0.0991. The van der Waals surface area contributed by atoms with Crippen LogP contribution in [0.4, 0.5) is 4.39 Å². The maximum atomic E-state index is 13.4. The van der Waals surface area contributed by atoms with Gasteiger partial charge in [-0.2, -0.15) is 0 Å². The first kappa shape index (κ1) is 13.9. The summed E-state index contributed by atoms with van der Waals surface area (Å²) in [6, 6.07) is 9.46. The van der Waals surface area contributed by atoms with Crippen molar-refractivity contribution in [2.45, 2.75) is 6.42 Å². The zero-order chi connectivity index (χ0) is 14.8. The molecule has 2 aromatic carbocycles. The molecule has 3 nitrogen and oxygen atoms in total. The van der Waals surface area contributed by atoms with Gasteiger partial charge >= 0.3 is 0 Å². The topological polar surface area (TPSA) is 35.5 Å². The number of Topliss-reactive ketones (excluding diaryl/α,β-unsaturated/α-hetero) is 1. The minimum absolute atomic E-state index is 0.0107. The highest BCUT2D eigenvalue weighted by molar-refractivity contribution is 6.31. The maximum absolute atomic E-state index is 13.4. The first-order chi connectivity index (χ1) is 10.1. The van der Waals surface area contributed by atoms with Gasteiger partial charge in [0.05, 0.1) is 5.02 Å². The van der Waals surface area contributed by atoms with E-state index in [2.05, 4.69) is 0 Å². The number of carbonyl (C=O) groups excluding carboxylic acids is 1. The molecule has 3 rings (SSSR count). The van der Waals surface area contributed by atoms with Crippen LogP contribution in [0.1, 0.15) is 15.9 Å². The van der Waals surface area contributed by atoms with E-state index in [1.165, 1.54) is 12.1 Å². The Balaban J connectivity index is 1.84. The van der Waals surface area contributed by atoms with Crippen LogP contribution in [0.3, 0.4) is 0 Å². The maximum Gasteiger partial charge on any atom is 0.167 e. The quantitative estimate of drug-likeness (QED) is 0.812. The molecular formula is C16H12ClFO3. The van der Waals surface area contributed by atoms with Crippen LogP contribution in [0.5, 0.6) is 11.5 Å². The lowest BCUT2D eigenvalue weighted by Gasteiger charge is -2.18. The van der Waals surface area contributed by atoms with Crippen molar-refractivity contribution in [1.82, 2.24) is 0 Å². The number of ketones is 1. The molecule has 1 aliphatic rings. The molecule has 5 heteroatoms. The van der Waals surface area contributed by atoms with Crippen molar-refractivity contribution in [3.05, 3.63) is 58.4 Å². The van der Waals surface area contributed by atoms with Crippen LogP contribution in [0.15, 0.2) is 36.4 Å². The summed E-state index contributed by atoms with van der Waals surface area (Å²) in [4.78, 5) is 12.3. The Morgan fingerprint density at radius 1 is 1.14 bits per heavy atom. The van der Waals surface area contributed by atoms with Gasteiger partial charge in [0.15, 0.2) is 17.3 Å². The molecule has 0 saturated heterocycles. The van der Waals surface area contributed by atoms with Crippen LogP contribution < -0.4 is 9.47 Å². The Hall–Kier alpha value is -2.07. The summed E-state index contributed by atoms with van der Waals surface area (Å²) in [6.07, 6.45) is 0.0379. The predicted molar refractivity (Wildman–Crippen MR) is 76.9 cm³/mol. The van der Waals surface area contributed by atoms with Gasteiger partial charge in [-0.1, -0.05) is 23.7 Å². The van der Waals surface area contributed by atoms with E-state index in [1.54, 1.807) is 24.3 Å². The van der Waals surface area contributed by atoms with Gasteiger partial charge in [0, 0.05) is 12.0 Å². The van der Waals surface area contributed by atoms with Crippen LogP contribution in [0, 0.1) is 5.82 Å². The molecule has 21 heavy (non-hydrogen) atoms. The summed E-state index contributed by atoms with van der Waals surface area (Å²) in [6.45, 7) is 0.958. The average Bonchev–Trinajstić information content (AvgIpc) is 2.51. The highest BCUT2D eigenvalue weighted by Crippen LogP contribution is 2.31. The monoisotopic (exact) mass is 306 g/mol. The molecule has 1 aliphatic heterocycles. The Kier molecular flexibility index (Phi) is 3.80. The molecule has 0 spiro atoms.